The number of benzene rings is 2. The normalized spacial score (nSPS) is 11.1. The van der Waals surface area contributed by atoms with Gasteiger partial charge < -0.3 is 9.47 Å². The van der Waals surface area contributed by atoms with Crippen LogP contribution in [-0.4, -0.2) is 31.6 Å². The molecule has 0 aromatic heterocycles. The van der Waals surface area contributed by atoms with Crippen LogP contribution in [0.3, 0.4) is 0 Å². The molecule has 2 aromatic rings. The van der Waals surface area contributed by atoms with Crippen molar-refractivity contribution in [1.82, 2.24) is 5.43 Å². The Morgan fingerprint density at radius 2 is 1.56 bits per heavy atom. The highest BCUT2D eigenvalue weighted by molar-refractivity contribution is 7.99. The second-order valence-corrected chi connectivity index (χ2v) is 6.29. The van der Waals surface area contributed by atoms with Gasteiger partial charge in [0.05, 0.1) is 25.7 Å². The van der Waals surface area contributed by atoms with Gasteiger partial charge in [-0.05, 0) is 54.4 Å². The van der Waals surface area contributed by atoms with Crippen LogP contribution in [-0.2, 0) is 10.5 Å². The summed E-state index contributed by atoms with van der Waals surface area (Å²) in [4.78, 5) is 11.9. The van der Waals surface area contributed by atoms with Gasteiger partial charge in [0.1, 0.15) is 11.5 Å². The minimum atomic E-state index is -0.119. The Hall–Kier alpha value is -2.47. The van der Waals surface area contributed by atoms with Gasteiger partial charge in [0.15, 0.2) is 0 Å². The third-order valence-electron chi connectivity index (χ3n) is 3.52. The molecule has 0 radical (unpaired) electrons. The number of nitrogens with zero attached hydrogens (tertiary/aromatic N) is 1. The summed E-state index contributed by atoms with van der Waals surface area (Å²) in [5.41, 5.74) is 5.42. The maximum Gasteiger partial charge on any atom is 0.250 e. The molecule has 1 amide bonds. The van der Waals surface area contributed by atoms with Crippen molar-refractivity contribution in [3.8, 4) is 11.5 Å². The average molecular weight is 358 g/mol. The van der Waals surface area contributed by atoms with E-state index in [1.54, 1.807) is 26.0 Å². The Labute approximate surface area is 152 Å². The van der Waals surface area contributed by atoms with Crippen LogP contribution in [0.5, 0.6) is 11.5 Å². The number of carbonyl (C=O) groups is 1. The van der Waals surface area contributed by atoms with E-state index < -0.39 is 0 Å². The minimum absolute atomic E-state index is 0.119. The Balaban J connectivity index is 1.76. The van der Waals surface area contributed by atoms with E-state index in [2.05, 4.69) is 10.5 Å². The van der Waals surface area contributed by atoms with Crippen molar-refractivity contribution in [2.75, 3.05) is 20.0 Å². The van der Waals surface area contributed by atoms with Crippen LogP contribution in [0.1, 0.15) is 18.1 Å². The van der Waals surface area contributed by atoms with Gasteiger partial charge in [-0.3, -0.25) is 4.79 Å². The third kappa shape index (κ3) is 6.15. The number of carbonyl (C=O) groups excluding carboxylic acids is 1. The van der Waals surface area contributed by atoms with Crippen LogP contribution in [0.2, 0.25) is 0 Å². The highest BCUT2D eigenvalue weighted by Gasteiger charge is 2.03. The average Bonchev–Trinajstić information content (AvgIpc) is 2.66. The standard InChI is InChI=1S/C19H22N2O3S/c1-14(16-6-10-18(24-3)11-7-16)20-21-19(22)13-25-12-15-4-8-17(23-2)9-5-15/h4-11H,12-13H2,1-3H3,(H,21,22)/b20-14+. The molecule has 5 nitrogen and oxygen atoms in total. The summed E-state index contributed by atoms with van der Waals surface area (Å²) >= 11 is 1.54. The van der Waals surface area contributed by atoms with Crippen molar-refractivity contribution in [2.45, 2.75) is 12.7 Å². The fraction of sp³-hybridized carbons (Fsp3) is 0.263. The molecule has 0 unspecified atom stereocenters. The summed E-state index contributed by atoms with van der Waals surface area (Å²) in [7, 11) is 3.27. The van der Waals surface area contributed by atoms with Gasteiger partial charge in [0.2, 0.25) is 5.91 Å². The smallest absolute Gasteiger partial charge is 0.250 e. The Kier molecular flexibility index (Phi) is 7.35. The van der Waals surface area contributed by atoms with Crippen molar-refractivity contribution < 1.29 is 14.3 Å². The molecule has 0 aliphatic rings. The number of methoxy groups -OCH3 is 2. The summed E-state index contributed by atoms with van der Waals surface area (Å²) in [5, 5.41) is 4.14. The molecule has 25 heavy (non-hydrogen) atoms. The van der Waals surface area contributed by atoms with E-state index in [0.717, 1.165) is 34.1 Å². The molecular formula is C19H22N2O3S. The summed E-state index contributed by atoms with van der Waals surface area (Å²) in [6.45, 7) is 1.85. The number of hydrogen-bond donors (Lipinski definition) is 1. The van der Waals surface area contributed by atoms with Gasteiger partial charge in [-0.1, -0.05) is 12.1 Å². The zero-order chi connectivity index (χ0) is 18.1. The van der Waals surface area contributed by atoms with Crippen molar-refractivity contribution in [1.29, 1.82) is 0 Å². The number of nitrogens with one attached hydrogen (secondary N) is 1. The summed E-state index contributed by atoms with van der Waals surface area (Å²) in [5.74, 6) is 2.61. The van der Waals surface area contributed by atoms with Crippen LogP contribution in [0, 0.1) is 0 Å². The monoisotopic (exact) mass is 358 g/mol. The van der Waals surface area contributed by atoms with Gasteiger partial charge in [-0.25, -0.2) is 5.43 Å². The lowest BCUT2D eigenvalue weighted by molar-refractivity contribution is -0.118. The molecule has 0 saturated carbocycles. The Bertz CT molecular complexity index is 712. The van der Waals surface area contributed by atoms with Crippen LogP contribution in [0.15, 0.2) is 53.6 Å². The van der Waals surface area contributed by atoms with E-state index in [0.29, 0.717) is 5.75 Å². The molecule has 0 bridgehead atoms. The van der Waals surface area contributed by atoms with Crippen LogP contribution in [0.4, 0.5) is 0 Å². The maximum absolute atomic E-state index is 11.9. The molecule has 0 saturated heterocycles. The Morgan fingerprint density at radius 3 is 2.12 bits per heavy atom. The number of hydrogen-bond acceptors (Lipinski definition) is 5. The van der Waals surface area contributed by atoms with E-state index in [1.807, 2.05) is 55.5 Å². The molecule has 132 valence electrons. The van der Waals surface area contributed by atoms with Crippen molar-refractivity contribution in [3.05, 3.63) is 59.7 Å². The number of thioether (sulfide) groups is 1. The number of hydrazone groups is 1. The molecule has 0 fully saturated rings. The fourth-order valence-electron chi connectivity index (χ4n) is 2.06. The van der Waals surface area contributed by atoms with E-state index in [4.69, 9.17) is 9.47 Å². The first-order chi connectivity index (χ1) is 12.1. The van der Waals surface area contributed by atoms with Gasteiger partial charge in [-0.15, -0.1) is 11.8 Å². The number of amides is 1. The molecule has 2 rings (SSSR count). The molecule has 1 N–H and O–H groups in total. The molecule has 0 heterocycles. The molecule has 2 aromatic carbocycles. The van der Waals surface area contributed by atoms with E-state index >= 15 is 0 Å². The van der Waals surface area contributed by atoms with Gasteiger partial charge in [0, 0.05) is 5.75 Å². The molecular weight excluding hydrogens is 336 g/mol. The van der Waals surface area contributed by atoms with Crippen molar-refractivity contribution in [3.63, 3.8) is 0 Å². The lowest BCUT2D eigenvalue weighted by atomic mass is 10.1. The highest BCUT2D eigenvalue weighted by Crippen LogP contribution is 2.16. The van der Waals surface area contributed by atoms with Gasteiger partial charge >= 0.3 is 0 Å². The molecule has 0 spiro atoms. The van der Waals surface area contributed by atoms with E-state index in [-0.39, 0.29) is 5.91 Å². The Morgan fingerprint density at radius 1 is 1.00 bits per heavy atom. The predicted octanol–water partition coefficient (Wildman–Crippen LogP) is 3.48. The largest absolute Gasteiger partial charge is 0.497 e. The first-order valence-corrected chi connectivity index (χ1v) is 8.96. The number of ether oxygens (including phenoxy) is 2. The molecule has 0 aliphatic carbocycles. The first-order valence-electron chi connectivity index (χ1n) is 7.80. The maximum atomic E-state index is 11.9. The zero-order valence-corrected chi connectivity index (χ0v) is 15.4. The first kappa shape index (κ1) is 18.9. The van der Waals surface area contributed by atoms with E-state index in [1.165, 1.54) is 0 Å². The topological polar surface area (TPSA) is 59.9 Å². The van der Waals surface area contributed by atoms with E-state index in [9.17, 15) is 4.79 Å². The van der Waals surface area contributed by atoms with Crippen molar-refractivity contribution in [2.24, 2.45) is 5.10 Å². The third-order valence-corrected chi connectivity index (χ3v) is 4.52. The van der Waals surface area contributed by atoms with Crippen LogP contribution >= 0.6 is 11.8 Å². The molecule has 6 heteroatoms. The lowest BCUT2D eigenvalue weighted by Crippen LogP contribution is -2.21. The second-order valence-electron chi connectivity index (χ2n) is 5.30. The summed E-state index contributed by atoms with van der Waals surface area (Å²) in [6, 6.07) is 15.4. The van der Waals surface area contributed by atoms with Gasteiger partial charge in [-0.2, -0.15) is 5.10 Å². The molecule has 0 aliphatic heterocycles. The van der Waals surface area contributed by atoms with Crippen LogP contribution < -0.4 is 14.9 Å². The quantitative estimate of drug-likeness (QED) is 0.580. The lowest BCUT2D eigenvalue weighted by Gasteiger charge is -2.05. The highest BCUT2D eigenvalue weighted by atomic mass is 32.2. The van der Waals surface area contributed by atoms with Crippen molar-refractivity contribution >= 4 is 23.4 Å². The number of rotatable bonds is 8. The van der Waals surface area contributed by atoms with Crippen LogP contribution in [0.25, 0.3) is 0 Å². The SMILES string of the molecule is COc1ccc(CSCC(=O)N/N=C(\C)c2ccc(OC)cc2)cc1. The second kappa shape index (κ2) is 9.74. The van der Waals surface area contributed by atoms with Gasteiger partial charge in [0.25, 0.3) is 0 Å². The minimum Gasteiger partial charge on any atom is -0.497 e. The fourth-order valence-corrected chi connectivity index (χ4v) is 2.84. The zero-order valence-electron chi connectivity index (χ0n) is 14.6. The summed E-state index contributed by atoms with van der Waals surface area (Å²) < 4.78 is 10.2. The molecule has 0 atom stereocenters. The predicted molar refractivity (Wildman–Crippen MR) is 103 cm³/mol. The summed E-state index contributed by atoms with van der Waals surface area (Å²) in [6.07, 6.45) is 0.